The zero-order valence-electron chi connectivity index (χ0n) is 15.5. The number of hydrogen-bond donors (Lipinski definition) is 1. The van der Waals surface area contributed by atoms with E-state index in [2.05, 4.69) is 21.5 Å². The molecule has 4 aromatic rings. The molecule has 1 aliphatic rings. The van der Waals surface area contributed by atoms with Crippen molar-refractivity contribution in [1.29, 1.82) is 0 Å². The number of benzene rings is 1. The first-order valence-corrected chi connectivity index (χ1v) is 9.46. The predicted octanol–water partition coefficient (Wildman–Crippen LogP) is 4.99. The van der Waals surface area contributed by atoms with E-state index in [9.17, 15) is 9.50 Å². The monoisotopic (exact) mass is 373 g/mol. The maximum absolute atomic E-state index is 13.6. The molecule has 5 rings (SSSR count). The Morgan fingerprint density at radius 1 is 1.00 bits per heavy atom. The van der Waals surface area contributed by atoms with E-state index in [0.29, 0.717) is 0 Å². The molecule has 1 N–H and O–H groups in total. The van der Waals surface area contributed by atoms with Gasteiger partial charge in [-0.2, -0.15) is 0 Å². The third-order valence-electron chi connectivity index (χ3n) is 5.77. The largest absolute Gasteiger partial charge is 0.388 e. The van der Waals surface area contributed by atoms with Crippen LogP contribution in [-0.4, -0.2) is 25.2 Å². The van der Waals surface area contributed by atoms with Crippen molar-refractivity contribution in [2.75, 3.05) is 0 Å². The third-order valence-corrected chi connectivity index (χ3v) is 5.77. The van der Waals surface area contributed by atoms with Crippen molar-refractivity contribution >= 4 is 11.0 Å². The summed E-state index contributed by atoms with van der Waals surface area (Å²) >= 11 is 0. The van der Waals surface area contributed by atoms with E-state index in [1.165, 1.54) is 12.1 Å². The van der Waals surface area contributed by atoms with Gasteiger partial charge in [0.2, 0.25) is 0 Å². The molecule has 0 saturated heterocycles. The molecule has 3 aromatic heterocycles. The van der Waals surface area contributed by atoms with Crippen LogP contribution in [0.25, 0.3) is 33.4 Å². The molecule has 1 aliphatic carbocycles. The summed E-state index contributed by atoms with van der Waals surface area (Å²) in [5.41, 5.74) is 4.89. The van der Waals surface area contributed by atoms with Crippen LogP contribution in [0.2, 0.25) is 0 Å². The fourth-order valence-electron chi connectivity index (χ4n) is 4.01. The topological polar surface area (TPSA) is 50.9 Å². The lowest BCUT2D eigenvalue weighted by atomic mass is 10.0. The number of aromatic nitrogens is 3. The van der Waals surface area contributed by atoms with Gasteiger partial charge in [0.15, 0.2) is 0 Å². The molecule has 0 aliphatic heterocycles. The fraction of sp³-hybridized carbons (Fsp3) is 0.217. The quantitative estimate of drug-likeness (QED) is 0.548. The normalized spacial score (nSPS) is 16.2. The summed E-state index contributed by atoms with van der Waals surface area (Å²) in [7, 11) is 0. The highest BCUT2D eigenvalue weighted by Crippen LogP contribution is 2.49. The molecular formula is C23H20FN3O. The number of aliphatic hydroxyl groups is 1. The lowest BCUT2D eigenvalue weighted by Gasteiger charge is -2.24. The number of rotatable bonds is 4. The predicted molar refractivity (Wildman–Crippen MR) is 107 cm³/mol. The Labute approximate surface area is 162 Å². The van der Waals surface area contributed by atoms with Crippen molar-refractivity contribution in [2.45, 2.75) is 31.4 Å². The van der Waals surface area contributed by atoms with Crippen LogP contribution in [0.5, 0.6) is 0 Å². The van der Waals surface area contributed by atoms with Crippen LogP contribution in [0.4, 0.5) is 4.39 Å². The Morgan fingerprint density at radius 2 is 1.71 bits per heavy atom. The molecule has 1 unspecified atom stereocenters. The smallest absolute Gasteiger partial charge is 0.123 e. The van der Waals surface area contributed by atoms with Gasteiger partial charge in [-0.25, -0.2) is 4.39 Å². The van der Waals surface area contributed by atoms with Crippen LogP contribution >= 0.6 is 0 Å². The molecule has 0 bridgehead atoms. The van der Waals surface area contributed by atoms with Crippen LogP contribution in [0.1, 0.15) is 25.8 Å². The second kappa shape index (κ2) is 6.24. The second-order valence-corrected chi connectivity index (χ2v) is 7.49. The minimum atomic E-state index is -0.705. The van der Waals surface area contributed by atoms with E-state index in [1.54, 1.807) is 30.7 Å². The van der Waals surface area contributed by atoms with E-state index in [1.807, 2.05) is 24.3 Å². The summed E-state index contributed by atoms with van der Waals surface area (Å²) < 4.78 is 15.8. The van der Waals surface area contributed by atoms with E-state index < -0.39 is 5.60 Å². The summed E-state index contributed by atoms with van der Waals surface area (Å²) in [5, 5.41) is 10.9. The molecule has 28 heavy (non-hydrogen) atoms. The van der Waals surface area contributed by atoms with Gasteiger partial charge in [-0.15, -0.1) is 0 Å². The average molecular weight is 373 g/mol. The minimum Gasteiger partial charge on any atom is -0.388 e. The first kappa shape index (κ1) is 17.1. The van der Waals surface area contributed by atoms with Crippen LogP contribution in [0, 0.1) is 5.82 Å². The van der Waals surface area contributed by atoms with Gasteiger partial charge in [0.25, 0.3) is 0 Å². The number of nitrogens with zero attached hydrogens (tertiary/aromatic N) is 3. The molecular weight excluding hydrogens is 353 g/mol. The second-order valence-electron chi connectivity index (χ2n) is 7.49. The fourth-order valence-corrected chi connectivity index (χ4v) is 4.01. The molecule has 1 fully saturated rings. The first-order valence-electron chi connectivity index (χ1n) is 9.46. The van der Waals surface area contributed by atoms with Gasteiger partial charge in [0.1, 0.15) is 5.82 Å². The summed E-state index contributed by atoms with van der Waals surface area (Å²) in [6.45, 7) is 2.05. The maximum atomic E-state index is 13.6. The first-order chi connectivity index (χ1) is 13.6. The maximum Gasteiger partial charge on any atom is 0.123 e. The lowest BCUT2D eigenvalue weighted by Crippen LogP contribution is -2.23. The summed E-state index contributed by atoms with van der Waals surface area (Å²) in [6.07, 6.45) is 6.86. The van der Waals surface area contributed by atoms with Crippen molar-refractivity contribution in [3.8, 4) is 22.4 Å². The Hall–Kier alpha value is -3.05. The third kappa shape index (κ3) is 2.62. The van der Waals surface area contributed by atoms with Crippen molar-refractivity contribution < 1.29 is 9.50 Å². The zero-order valence-corrected chi connectivity index (χ0v) is 15.5. The number of hydrogen-bond acceptors (Lipinski definition) is 3. The molecule has 1 saturated carbocycles. The van der Waals surface area contributed by atoms with Crippen LogP contribution in [-0.2, 0) is 0 Å². The highest BCUT2D eigenvalue weighted by molar-refractivity contribution is 6.02. The highest BCUT2D eigenvalue weighted by atomic mass is 19.1. The van der Waals surface area contributed by atoms with E-state index in [4.69, 9.17) is 0 Å². The zero-order chi connectivity index (χ0) is 19.3. The number of halogens is 1. The lowest BCUT2D eigenvalue weighted by molar-refractivity contribution is 0.0982. The van der Waals surface area contributed by atoms with E-state index in [0.717, 1.165) is 46.3 Å². The van der Waals surface area contributed by atoms with Gasteiger partial charge in [-0.1, -0.05) is 12.1 Å². The van der Waals surface area contributed by atoms with Crippen molar-refractivity contribution in [3.05, 3.63) is 72.9 Å². The van der Waals surface area contributed by atoms with Crippen molar-refractivity contribution in [2.24, 2.45) is 0 Å². The van der Waals surface area contributed by atoms with Crippen molar-refractivity contribution in [1.82, 2.24) is 14.5 Å². The Morgan fingerprint density at radius 3 is 2.39 bits per heavy atom. The molecule has 4 nitrogen and oxygen atoms in total. The molecule has 5 heteroatoms. The van der Waals surface area contributed by atoms with Crippen molar-refractivity contribution in [3.63, 3.8) is 0 Å². The Balaban J connectivity index is 1.89. The van der Waals surface area contributed by atoms with Gasteiger partial charge in [0, 0.05) is 29.7 Å². The van der Waals surface area contributed by atoms with E-state index >= 15 is 0 Å². The molecule has 1 aromatic carbocycles. The van der Waals surface area contributed by atoms with Gasteiger partial charge >= 0.3 is 0 Å². The Kier molecular flexibility index (Phi) is 3.81. The van der Waals surface area contributed by atoms with Gasteiger partial charge in [0.05, 0.1) is 28.4 Å². The van der Waals surface area contributed by atoms with Gasteiger partial charge in [-0.3, -0.25) is 9.97 Å². The number of pyridine rings is 2. The highest BCUT2D eigenvalue weighted by Gasteiger charge is 2.47. The summed E-state index contributed by atoms with van der Waals surface area (Å²) in [6, 6.07) is 14.2. The SMILES string of the molecule is CC(n1c(-c2ccncc2)c(-c2ccc(F)cc2)c2ncccc21)C1(O)CC1. The molecule has 140 valence electrons. The molecule has 0 amide bonds. The minimum absolute atomic E-state index is 0.114. The average Bonchev–Trinajstić information content (AvgIpc) is 3.39. The van der Waals surface area contributed by atoms with Gasteiger partial charge in [-0.05, 0) is 61.7 Å². The molecule has 1 atom stereocenters. The standard InChI is InChI=1S/C23H20FN3O/c1-15(23(28)10-11-23)27-19-3-2-12-26-21(19)20(16-4-6-18(24)7-5-16)22(27)17-8-13-25-14-9-17/h2-9,12-15,28H,10-11H2,1H3. The van der Waals surface area contributed by atoms with E-state index in [-0.39, 0.29) is 11.9 Å². The van der Waals surface area contributed by atoms with Gasteiger partial charge < -0.3 is 9.67 Å². The Bertz CT molecular complexity index is 1150. The van der Waals surface area contributed by atoms with Crippen LogP contribution < -0.4 is 0 Å². The summed E-state index contributed by atoms with van der Waals surface area (Å²) in [4.78, 5) is 8.81. The molecule has 0 spiro atoms. The molecule has 0 radical (unpaired) electrons. The van der Waals surface area contributed by atoms with Crippen LogP contribution in [0.3, 0.4) is 0 Å². The summed E-state index contributed by atoms with van der Waals surface area (Å²) in [5.74, 6) is -0.272. The number of fused-ring (bicyclic) bond motifs is 1. The van der Waals surface area contributed by atoms with Crippen LogP contribution in [0.15, 0.2) is 67.1 Å². The molecule has 3 heterocycles.